The van der Waals surface area contributed by atoms with Crippen molar-refractivity contribution >= 4 is 17.3 Å². The molecule has 3 aromatic rings. The lowest BCUT2D eigenvalue weighted by atomic mass is 10.1. The predicted molar refractivity (Wildman–Crippen MR) is 110 cm³/mol. The molecular weight excluding hydrogens is 390 g/mol. The SMILES string of the molecule is COc1ccc(-c2cc(C(=O)N/N=C(/C)c3ccc([N+](=O)[O-])cc3)[nH]n2)c(OC)c1. The van der Waals surface area contributed by atoms with E-state index in [9.17, 15) is 14.9 Å². The molecule has 30 heavy (non-hydrogen) atoms. The van der Waals surface area contributed by atoms with E-state index in [4.69, 9.17) is 9.47 Å². The van der Waals surface area contributed by atoms with E-state index in [-0.39, 0.29) is 11.4 Å². The third-order valence-corrected chi connectivity index (χ3v) is 4.33. The molecule has 3 rings (SSSR count). The minimum absolute atomic E-state index is 0.0189. The van der Waals surface area contributed by atoms with Gasteiger partial charge in [-0.2, -0.15) is 10.2 Å². The van der Waals surface area contributed by atoms with Crippen molar-refractivity contribution in [3.05, 3.63) is 69.9 Å². The van der Waals surface area contributed by atoms with Crippen LogP contribution in [-0.2, 0) is 0 Å². The number of non-ortho nitro benzene ring substituents is 1. The summed E-state index contributed by atoms with van der Waals surface area (Å²) in [4.78, 5) is 22.6. The Morgan fingerprint density at radius 2 is 1.87 bits per heavy atom. The molecule has 154 valence electrons. The van der Waals surface area contributed by atoms with E-state index in [1.54, 1.807) is 50.4 Å². The van der Waals surface area contributed by atoms with Gasteiger partial charge in [-0.3, -0.25) is 20.0 Å². The second kappa shape index (κ2) is 8.86. The van der Waals surface area contributed by atoms with Gasteiger partial charge >= 0.3 is 0 Å². The molecule has 10 heteroatoms. The summed E-state index contributed by atoms with van der Waals surface area (Å²) in [5.41, 5.74) is 4.99. The third-order valence-electron chi connectivity index (χ3n) is 4.33. The Balaban J connectivity index is 1.73. The minimum Gasteiger partial charge on any atom is -0.497 e. The first kappa shape index (κ1) is 20.5. The van der Waals surface area contributed by atoms with Crippen molar-refractivity contribution < 1.29 is 19.2 Å². The summed E-state index contributed by atoms with van der Waals surface area (Å²) in [5, 5.41) is 21.6. The Labute approximate surface area is 171 Å². The number of benzene rings is 2. The number of hydrogen-bond acceptors (Lipinski definition) is 7. The van der Waals surface area contributed by atoms with Gasteiger partial charge in [-0.15, -0.1) is 0 Å². The zero-order valence-electron chi connectivity index (χ0n) is 16.5. The Bertz CT molecular complexity index is 1110. The molecule has 0 aliphatic heterocycles. The number of methoxy groups -OCH3 is 2. The van der Waals surface area contributed by atoms with Gasteiger partial charge in [-0.1, -0.05) is 0 Å². The van der Waals surface area contributed by atoms with Crippen LogP contribution in [0.2, 0.25) is 0 Å². The number of hydrogen-bond donors (Lipinski definition) is 2. The molecular formula is C20H19N5O5. The van der Waals surface area contributed by atoms with Crippen molar-refractivity contribution in [2.45, 2.75) is 6.92 Å². The highest BCUT2D eigenvalue weighted by atomic mass is 16.6. The van der Waals surface area contributed by atoms with Gasteiger partial charge in [0.05, 0.1) is 30.5 Å². The lowest BCUT2D eigenvalue weighted by molar-refractivity contribution is -0.384. The van der Waals surface area contributed by atoms with Crippen LogP contribution in [0.15, 0.2) is 53.6 Å². The molecule has 2 N–H and O–H groups in total. The zero-order chi connectivity index (χ0) is 21.7. The molecule has 1 heterocycles. The van der Waals surface area contributed by atoms with E-state index < -0.39 is 10.8 Å². The summed E-state index contributed by atoms with van der Waals surface area (Å²) in [7, 11) is 3.10. The molecule has 0 saturated heterocycles. The van der Waals surface area contributed by atoms with E-state index >= 15 is 0 Å². The molecule has 0 radical (unpaired) electrons. The van der Waals surface area contributed by atoms with E-state index in [1.807, 2.05) is 0 Å². The van der Waals surface area contributed by atoms with Crippen LogP contribution in [0.5, 0.6) is 11.5 Å². The van der Waals surface area contributed by atoms with E-state index in [1.165, 1.54) is 19.2 Å². The summed E-state index contributed by atoms with van der Waals surface area (Å²) >= 11 is 0. The molecule has 0 saturated carbocycles. The quantitative estimate of drug-likeness (QED) is 0.350. The van der Waals surface area contributed by atoms with Crippen molar-refractivity contribution in [2.24, 2.45) is 5.10 Å². The van der Waals surface area contributed by atoms with Crippen LogP contribution in [0, 0.1) is 10.1 Å². The van der Waals surface area contributed by atoms with Crippen LogP contribution in [0.25, 0.3) is 11.3 Å². The molecule has 0 fully saturated rings. The van der Waals surface area contributed by atoms with Crippen molar-refractivity contribution in [3.63, 3.8) is 0 Å². The molecule has 0 aliphatic carbocycles. The maximum absolute atomic E-state index is 12.4. The Hall–Kier alpha value is -4.21. The zero-order valence-corrected chi connectivity index (χ0v) is 16.5. The monoisotopic (exact) mass is 409 g/mol. The highest BCUT2D eigenvalue weighted by molar-refractivity contribution is 6.00. The van der Waals surface area contributed by atoms with Crippen LogP contribution >= 0.6 is 0 Å². The first-order valence-electron chi connectivity index (χ1n) is 8.80. The van der Waals surface area contributed by atoms with Crippen molar-refractivity contribution in [2.75, 3.05) is 14.2 Å². The van der Waals surface area contributed by atoms with Crippen molar-refractivity contribution in [1.29, 1.82) is 0 Å². The lowest BCUT2D eigenvalue weighted by Crippen LogP contribution is -2.19. The summed E-state index contributed by atoms with van der Waals surface area (Å²) in [6, 6.07) is 12.7. The highest BCUT2D eigenvalue weighted by Gasteiger charge is 2.15. The van der Waals surface area contributed by atoms with Crippen LogP contribution in [0.3, 0.4) is 0 Å². The number of nitrogens with one attached hydrogen (secondary N) is 2. The number of rotatable bonds is 7. The van der Waals surface area contributed by atoms with Gasteiger partial charge in [0.15, 0.2) is 0 Å². The summed E-state index contributed by atoms with van der Waals surface area (Å²) in [6.45, 7) is 1.68. The summed E-state index contributed by atoms with van der Waals surface area (Å²) < 4.78 is 10.5. The molecule has 2 aromatic carbocycles. The number of nitrogens with zero attached hydrogens (tertiary/aromatic N) is 3. The smallest absolute Gasteiger partial charge is 0.289 e. The normalized spacial score (nSPS) is 11.1. The van der Waals surface area contributed by atoms with E-state index in [2.05, 4.69) is 20.7 Å². The van der Waals surface area contributed by atoms with Gasteiger partial charge in [0, 0.05) is 23.8 Å². The van der Waals surface area contributed by atoms with Gasteiger partial charge < -0.3 is 9.47 Å². The van der Waals surface area contributed by atoms with E-state index in [0.717, 1.165) is 0 Å². The summed E-state index contributed by atoms with van der Waals surface area (Å²) in [6.07, 6.45) is 0. The maximum Gasteiger partial charge on any atom is 0.289 e. The molecule has 0 bridgehead atoms. The number of amides is 1. The number of ether oxygens (including phenoxy) is 2. The number of nitro groups is 1. The third kappa shape index (κ3) is 4.43. The van der Waals surface area contributed by atoms with Crippen molar-refractivity contribution in [3.8, 4) is 22.8 Å². The minimum atomic E-state index is -0.484. The first-order chi connectivity index (χ1) is 14.4. The molecule has 0 unspecified atom stereocenters. The van der Waals surface area contributed by atoms with Gasteiger partial charge in [-0.25, -0.2) is 5.43 Å². The molecule has 1 amide bonds. The molecule has 0 aliphatic rings. The fourth-order valence-corrected chi connectivity index (χ4v) is 2.67. The number of carbonyl (C=O) groups is 1. The average molecular weight is 409 g/mol. The van der Waals surface area contributed by atoms with Crippen LogP contribution in [0.4, 0.5) is 5.69 Å². The lowest BCUT2D eigenvalue weighted by Gasteiger charge is -2.08. The number of aromatic nitrogens is 2. The van der Waals surface area contributed by atoms with Crippen molar-refractivity contribution in [1.82, 2.24) is 15.6 Å². The largest absolute Gasteiger partial charge is 0.497 e. The average Bonchev–Trinajstić information content (AvgIpc) is 3.26. The summed E-state index contributed by atoms with van der Waals surface area (Å²) in [5.74, 6) is 0.711. The van der Waals surface area contributed by atoms with Gasteiger partial charge in [0.25, 0.3) is 11.6 Å². The number of nitro benzene ring substituents is 1. The highest BCUT2D eigenvalue weighted by Crippen LogP contribution is 2.32. The Morgan fingerprint density at radius 1 is 1.13 bits per heavy atom. The van der Waals surface area contributed by atoms with Crippen LogP contribution < -0.4 is 14.9 Å². The standard InChI is InChI=1S/C20H19N5O5/c1-12(13-4-6-14(7-5-13)25(27)28)21-24-20(26)18-11-17(22-23-18)16-9-8-15(29-2)10-19(16)30-3/h4-11H,1-3H3,(H,22,23)(H,24,26)/b21-12-. The van der Waals surface area contributed by atoms with Crippen LogP contribution in [-0.4, -0.2) is 41.0 Å². The predicted octanol–water partition coefficient (Wildman–Crippen LogP) is 3.16. The molecule has 0 spiro atoms. The fraction of sp³-hybridized carbons (Fsp3) is 0.150. The molecule has 0 atom stereocenters. The number of carbonyl (C=O) groups excluding carboxylic acids is 1. The number of hydrazone groups is 1. The number of H-pyrrole nitrogens is 1. The molecule has 10 nitrogen and oxygen atoms in total. The number of aromatic amines is 1. The van der Waals surface area contributed by atoms with Gasteiger partial charge in [-0.05, 0) is 42.8 Å². The molecule has 1 aromatic heterocycles. The van der Waals surface area contributed by atoms with Gasteiger partial charge in [0.1, 0.15) is 17.2 Å². The maximum atomic E-state index is 12.4. The van der Waals surface area contributed by atoms with Crippen LogP contribution in [0.1, 0.15) is 23.0 Å². The second-order valence-electron chi connectivity index (χ2n) is 6.18. The Kier molecular flexibility index (Phi) is 6.06. The van der Waals surface area contributed by atoms with Gasteiger partial charge in [0.2, 0.25) is 0 Å². The Morgan fingerprint density at radius 3 is 2.50 bits per heavy atom. The topological polar surface area (TPSA) is 132 Å². The van der Waals surface area contributed by atoms with E-state index in [0.29, 0.717) is 34.0 Å². The first-order valence-corrected chi connectivity index (χ1v) is 8.80. The fourth-order valence-electron chi connectivity index (χ4n) is 2.67. The second-order valence-corrected chi connectivity index (χ2v) is 6.18.